The predicted molar refractivity (Wildman–Crippen MR) is 210 cm³/mol. The zero-order valence-corrected chi connectivity index (χ0v) is 28.5. The Balaban J connectivity index is 1.03. The Morgan fingerprint density at radius 3 is 0.962 bits per heavy atom. The van der Waals surface area contributed by atoms with Gasteiger partial charge in [0.1, 0.15) is 23.0 Å². The maximum Gasteiger partial charge on any atom is 0.207 e. The molecule has 0 bridgehead atoms. The summed E-state index contributed by atoms with van der Waals surface area (Å²) >= 11 is 0. The van der Waals surface area contributed by atoms with Crippen LogP contribution in [-0.4, -0.2) is 9.97 Å². The van der Waals surface area contributed by atoms with Gasteiger partial charge in [0, 0.05) is 70.5 Å². The van der Waals surface area contributed by atoms with Crippen LogP contribution >= 0.6 is 0 Å². The summed E-state index contributed by atoms with van der Waals surface area (Å²) in [6.07, 6.45) is 7.12. The highest BCUT2D eigenvalue weighted by molar-refractivity contribution is 5.80. The molecule has 254 valence electrons. The van der Waals surface area contributed by atoms with E-state index >= 15 is 0 Å². The van der Waals surface area contributed by atoms with Crippen molar-refractivity contribution in [1.29, 1.82) is 0 Å². The van der Waals surface area contributed by atoms with Gasteiger partial charge in [-0.15, -0.1) is 0 Å². The van der Waals surface area contributed by atoms with Gasteiger partial charge >= 0.3 is 0 Å². The van der Waals surface area contributed by atoms with Crippen LogP contribution in [0.25, 0.3) is 45.3 Å². The van der Waals surface area contributed by atoms with Crippen molar-refractivity contribution in [3.8, 4) is 45.3 Å². The minimum Gasteiger partial charge on any atom is -0.456 e. The highest BCUT2D eigenvalue weighted by Crippen LogP contribution is 2.42. The van der Waals surface area contributed by atoms with Gasteiger partial charge in [0.2, 0.25) is 11.8 Å². The largest absolute Gasteiger partial charge is 0.456 e. The van der Waals surface area contributed by atoms with Gasteiger partial charge < -0.3 is 13.3 Å². The molecule has 5 aromatic heterocycles. The van der Waals surface area contributed by atoms with Crippen molar-refractivity contribution < 1.29 is 13.3 Å². The molecule has 0 aliphatic carbocycles. The highest BCUT2D eigenvalue weighted by atomic mass is 16.4. The van der Waals surface area contributed by atoms with Crippen LogP contribution in [0.4, 0.5) is 34.5 Å². The molecule has 7 heteroatoms. The van der Waals surface area contributed by atoms with E-state index in [0.717, 1.165) is 68.0 Å². The van der Waals surface area contributed by atoms with Crippen molar-refractivity contribution in [2.24, 2.45) is 0 Å². The molecular weight excluding hydrogens is 657 g/mol. The van der Waals surface area contributed by atoms with Crippen LogP contribution in [0.2, 0.25) is 0 Å². The van der Waals surface area contributed by atoms with Gasteiger partial charge in [-0.25, -0.2) is 0 Å². The van der Waals surface area contributed by atoms with E-state index < -0.39 is 0 Å². The van der Waals surface area contributed by atoms with Gasteiger partial charge in [-0.3, -0.25) is 19.8 Å². The average molecular weight is 689 g/mol. The summed E-state index contributed by atoms with van der Waals surface area (Å²) in [5, 5.41) is 0. The second-order valence-corrected chi connectivity index (χ2v) is 12.3. The number of hydrogen-bond acceptors (Lipinski definition) is 7. The molecule has 0 spiro atoms. The smallest absolute Gasteiger partial charge is 0.207 e. The summed E-state index contributed by atoms with van der Waals surface area (Å²) in [5.74, 6) is 4.55. The van der Waals surface area contributed by atoms with Crippen LogP contribution in [0.1, 0.15) is 0 Å². The number of hydrogen-bond donors (Lipinski definition) is 0. The molecular formula is C46H32N4O3. The molecule has 0 saturated heterocycles. The molecule has 9 aromatic rings. The summed E-state index contributed by atoms with van der Waals surface area (Å²) in [5.41, 5.74) is 7.69. The maximum absolute atomic E-state index is 6.73. The number of pyridine rings is 2. The first-order chi connectivity index (χ1) is 26.3. The summed E-state index contributed by atoms with van der Waals surface area (Å²) < 4.78 is 19.2. The minimum atomic E-state index is 0.642. The van der Waals surface area contributed by atoms with Crippen molar-refractivity contribution in [3.05, 3.63) is 195 Å². The Kier molecular flexibility index (Phi) is 8.40. The monoisotopic (exact) mass is 688 g/mol. The lowest BCUT2D eigenvalue weighted by Gasteiger charge is -2.24. The van der Waals surface area contributed by atoms with Crippen LogP contribution < -0.4 is 9.80 Å². The third-order valence-corrected chi connectivity index (χ3v) is 9.01. The first-order valence-corrected chi connectivity index (χ1v) is 17.3. The Morgan fingerprint density at radius 1 is 0.283 bits per heavy atom. The normalized spacial score (nSPS) is 11.0. The Hall–Kier alpha value is -7.38. The number of anilines is 6. The summed E-state index contributed by atoms with van der Waals surface area (Å²) in [6.45, 7) is 0. The first-order valence-electron chi connectivity index (χ1n) is 17.3. The van der Waals surface area contributed by atoms with Gasteiger partial charge in [-0.2, -0.15) is 0 Å². The lowest BCUT2D eigenvalue weighted by Crippen LogP contribution is -2.10. The third-order valence-electron chi connectivity index (χ3n) is 9.01. The van der Waals surface area contributed by atoms with Crippen molar-refractivity contribution in [3.63, 3.8) is 0 Å². The zero-order chi connectivity index (χ0) is 35.4. The SMILES string of the molecule is c1ccc(-c2ccc(-c3ccc(N(c4ccncc4)c4ccc(N(c5ccncc5)c5ccc(-c6ccc(-c7ccccc7)o6)cc5)o4)cc3)o2)cc1. The van der Waals surface area contributed by atoms with Gasteiger partial charge in [0.05, 0.1) is 11.4 Å². The van der Waals surface area contributed by atoms with E-state index in [0.29, 0.717) is 11.8 Å². The van der Waals surface area contributed by atoms with Crippen molar-refractivity contribution in [1.82, 2.24) is 9.97 Å². The van der Waals surface area contributed by atoms with Crippen LogP contribution in [0.5, 0.6) is 0 Å². The molecule has 53 heavy (non-hydrogen) atoms. The average Bonchev–Trinajstić information content (AvgIpc) is 4.03. The number of aromatic nitrogens is 2. The Morgan fingerprint density at radius 2 is 0.604 bits per heavy atom. The second-order valence-electron chi connectivity index (χ2n) is 12.3. The fourth-order valence-electron chi connectivity index (χ4n) is 6.40. The standard InChI is InChI=1S/C46H32N4O3/c1-3-7-33(8-4-1)41-19-21-43(51-41)35-11-15-37(16-12-35)49(39-25-29-47-30-26-39)45-23-24-46(53-45)50(40-27-31-48-32-28-40)38-17-13-36(14-18-38)44-22-20-42(52-44)34-9-5-2-6-10-34/h1-32H. The number of benzene rings is 4. The Labute approximate surface area is 306 Å². The number of furan rings is 3. The number of rotatable bonds is 10. The van der Waals surface area contributed by atoms with Crippen LogP contribution in [0.15, 0.2) is 208 Å². The zero-order valence-electron chi connectivity index (χ0n) is 28.5. The Bertz CT molecular complexity index is 2360. The molecule has 0 saturated carbocycles. The third kappa shape index (κ3) is 6.51. The topological polar surface area (TPSA) is 71.7 Å². The quantitative estimate of drug-likeness (QED) is 0.142. The van der Waals surface area contributed by atoms with E-state index in [1.807, 2.05) is 121 Å². The molecule has 0 unspecified atom stereocenters. The van der Waals surface area contributed by atoms with Gasteiger partial charge in [0.15, 0.2) is 0 Å². The van der Waals surface area contributed by atoms with Crippen LogP contribution in [0.3, 0.4) is 0 Å². The lowest BCUT2D eigenvalue weighted by atomic mass is 10.1. The summed E-state index contributed by atoms with van der Waals surface area (Å²) in [4.78, 5) is 12.7. The molecule has 9 rings (SSSR count). The van der Waals surface area contributed by atoms with E-state index in [1.165, 1.54) is 0 Å². The van der Waals surface area contributed by atoms with E-state index in [4.69, 9.17) is 13.3 Å². The summed E-state index contributed by atoms with van der Waals surface area (Å²) in [7, 11) is 0. The lowest BCUT2D eigenvalue weighted by molar-refractivity contribution is 0.580. The molecule has 0 amide bonds. The molecule has 5 heterocycles. The van der Waals surface area contributed by atoms with Crippen molar-refractivity contribution in [2.75, 3.05) is 9.80 Å². The molecule has 0 aliphatic rings. The van der Waals surface area contributed by atoms with E-state index in [1.54, 1.807) is 24.8 Å². The predicted octanol–water partition coefficient (Wildman–Crippen LogP) is 12.9. The molecule has 7 nitrogen and oxygen atoms in total. The molecule has 0 fully saturated rings. The summed E-state index contributed by atoms with van der Waals surface area (Å²) in [6, 6.07) is 56.6. The molecule has 0 atom stereocenters. The van der Waals surface area contributed by atoms with Crippen molar-refractivity contribution >= 4 is 34.5 Å². The maximum atomic E-state index is 6.73. The second kappa shape index (κ2) is 14.1. The van der Waals surface area contributed by atoms with Crippen LogP contribution in [0, 0.1) is 0 Å². The molecule has 0 aliphatic heterocycles. The molecule has 0 radical (unpaired) electrons. The fraction of sp³-hybridized carbons (Fsp3) is 0. The van der Waals surface area contributed by atoms with Gasteiger partial charge in [-0.05, 0) is 97.1 Å². The van der Waals surface area contributed by atoms with Gasteiger partial charge in [0.25, 0.3) is 0 Å². The highest BCUT2D eigenvalue weighted by Gasteiger charge is 2.21. The van der Waals surface area contributed by atoms with Crippen LogP contribution in [-0.2, 0) is 0 Å². The number of nitrogens with zero attached hydrogens (tertiary/aromatic N) is 4. The van der Waals surface area contributed by atoms with E-state index in [-0.39, 0.29) is 0 Å². The van der Waals surface area contributed by atoms with Crippen molar-refractivity contribution in [2.45, 2.75) is 0 Å². The molecule has 4 aromatic carbocycles. The molecule has 0 N–H and O–H groups in total. The van der Waals surface area contributed by atoms with E-state index in [2.05, 4.69) is 68.3 Å². The minimum absolute atomic E-state index is 0.642. The first kappa shape index (κ1) is 31.6. The van der Waals surface area contributed by atoms with Gasteiger partial charge in [-0.1, -0.05) is 60.7 Å². The van der Waals surface area contributed by atoms with E-state index in [9.17, 15) is 0 Å². The fourth-order valence-corrected chi connectivity index (χ4v) is 6.40.